The van der Waals surface area contributed by atoms with Crippen LogP contribution in [0.3, 0.4) is 0 Å². The van der Waals surface area contributed by atoms with Gasteiger partial charge in [-0.25, -0.2) is 0 Å². The average molecular weight is 350 g/mol. The predicted molar refractivity (Wildman–Crippen MR) is 117 cm³/mol. The first kappa shape index (κ1) is 15.4. The second kappa shape index (κ2) is 6.12. The van der Waals surface area contributed by atoms with Crippen molar-refractivity contribution < 1.29 is 0 Å². The number of rotatable bonds is 2. The van der Waals surface area contributed by atoms with Crippen LogP contribution in [0, 0.1) is 0 Å². The van der Waals surface area contributed by atoms with Gasteiger partial charge in [0.15, 0.2) is 0 Å². The second-order valence-electron chi connectivity index (χ2n) is 6.74. The Morgan fingerprint density at radius 2 is 1.38 bits per heavy atom. The highest BCUT2D eigenvalue weighted by molar-refractivity contribution is 7.19. The SMILES string of the molecule is C/C(=C\c1cc2ccccc2s1)c1ccc2ccc3ccccc3c2c1. The molecule has 0 aliphatic rings. The van der Waals surface area contributed by atoms with Crippen LogP contribution in [0.1, 0.15) is 17.4 Å². The normalized spacial score (nSPS) is 12.3. The summed E-state index contributed by atoms with van der Waals surface area (Å²) in [4.78, 5) is 1.31. The molecule has 5 rings (SSSR count). The molecule has 0 aliphatic carbocycles. The lowest BCUT2D eigenvalue weighted by molar-refractivity contribution is 1.63. The molecule has 5 aromatic rings. The van der Waals surface area contributed by atoms with E-state index < -0.39 is 0 Å². The first-order valence-corrected chi connectivity index (χ1v) is 9.68. The molecule has 0 saturated heterocycles. The molecule has 1 aromatic heterocycles. The zero-order valence-electron chi connectivity index (χ0n) is 14.6. The maximum atomic E-state index is 2.33. The van der Waals surface area contributed by atoms with Crippen molar-refractivity contribution in [1.82, 2.24) is 0 Å². The Hall–Kier alpha value is -2.90. The molecule has 0 radical (unpaired) electrons. The van der Waals surface area contributed by atoms with Crippen LogP contribution in [-0.4, -0.2) is 0 Å². The number of allylic oxidation sites excluding steroid dienone is 1. The van der Waals surface area contributed by atoms with Gasteiger partial charge in [0.2, 0.25) is 0 Å². The van der Waals surface area contributed by atoms with E-state index >= 15 is 0 Å². The van der Waals surface area contributed by atoms with Gasteiger partial charge in [0.1, 0.15) is 0 Å². The van der Waals surface area contributed by atoms with Crippen molar-refractivity contribution in [3.05, 3.63) is 95.4 Å². The number of fused-ring (bicyclic) bond motifs is 4. The fourth-order valence-electron chi connectivity index (χ4n) is 3.62. The molecule has 1 heteroatoms. The summed E-state index contributed by atoms with van der Waals surface area (Å²) in [6, 6.07) is 30.7. The third-order valence-electron chi connectivity index (χ3n) is 5.01. The molecule has 0 N–H and O–H groups in total. The quantitative estimate of drug-likeness (QED) is 0.285. The van der Waals surface area contributed by atoms with Gasteiger partial charge in [-0.2, -0.15) is 0 Å². The smallest absolute Gasteiger partial charge is 0.0349 e. The molecular formula is C25H18S. The van der Waals surface area contributed by atoms with Crippen molar-refractivity contribution in [2.45, 2.75) is 6.92 Å². The van der Waals surface area contributed by atoms with Gasteiger partial charge < -0.3 is 0 Å². The van der Waals surface area contributed by atoms with Crippen molar-refractivity contribution in [2.75, 3.05) is 0 Å². The van der Waals surface area contributed by atoms with Crippen LogP contribution >= 0.6 is 11.3 Å². The van der Waals surface area contributed by atoms with E-state index in [4.69, 9.17) is 0 Å². The summed E-state index contributed by atoms with van der Waals surface area (Å²) < 4.78 is 1.34. The maximum Gasteiger partial charge on any atom is 0.0349 e. The van der Waals surface area contributed by atoms with E-state index in [1.54, 1.807) is 0 Å². The van der Waals surface area contributed by atoms with Gasteiger partial charge in [-0.15, -0.1) is 11.3 Å². The van der Waals surface area contributed by atoms with Crippen molar-refractivity contribution in [3.8, 4) is 0 Å². The van der Waals surface area contributed by atoms with Crippen LogP contribution in [0.15, 0.2) is 84.9 Å². The largest absolute Gasteiger partial charge is 0.136 e. The highest BCUT2D eigenvalue weighted by Gasteiger charge is 2.04. The summed E-state index contributed by atoms with van der Waals surface area (Å²) in [5.41, 5.74) is 2.58. The molecule has 0 saturated carbocycles. The van der Waals surface area contributed by atoms with Crippen LogP contribution in [0.5, 0.6) is 0 Å². The third kappa shape index (κ3) is 2.61. The number of benzene rings is 4. The van der Waals surface area contributed by atoms with Crippen molar-refractivity contribution in [2.24, 2.45) is 0 Å². The molecule has 0 nitrogen and oxygen atoms in total. The lowest BCUT2D eigenvalue weighted by atomic mass is 9.97. The standard InChI is InChI=1S/C25H18S/c1-17(14-22-15-21-7-3-5-9-25(21)26-22)20-13-12-19-11-10-18-6-2-4-8-23(18)24(19)16-20/h2-16H,1H3/b17-14+. The molecule has 0 aliphatic heterocycles. The van der Waals surface area contributed by atoms with E-state index in [0.717, 1.165) is 0 Å². The summed E-state index contributed by atoms with van der Waals surface area (Å²) in [5, 5.41) is 6.55. The average Bonchev–Trinajstić information content (AvgIpc) is 3.09. The minimum Gasteiger partial charge on any atom is -0.136 e. The van der Waals surface area contributed by atoms with Crippen LogP contribution < -0.4 is 0 Å². The molecule has 0 amide bonds. The fourth-order valence-corrected chi connectivity index (χ4v) is 4.68. The lowest BCUT2D eigenvalue weighted by Gasteiger charge is -2.07. The molecule has 0 fully saturated rings. The summed E-state index contributed by atoms with van der Waals surface area (Å²) in [6.07, 6.45) is 2.30. The molecule has 0 spiro atoms. The molecule has 4 aromatic carbocycles. The van der Waals surface area contributed by atoms with Crippen molar-refractivity contribution >= 4 is 54.6 Å². The van der Waals surface area contributed by atoms with Gasteiger partial charge in [-0.1, -0.05) is 66.7 Å². The van der Waals surface area contributed by atoms with Crippen LogP contribution in [0.25, 0.3) is 43.3 Å². The number of hydrogen-bond donors (Lipinski definition) is 0. The Bertz CT molecular complexity index is 1250. The highest BCUT2D eigenvalue weighted by atomic mass is 32.1. The first-order valence-electron chi connectivity index (χ1n) is 8.87. The molecule has 1 heterocycles. The monoisotopic (exact) mass is 350 g/mol. The van der Waals surface area contributed by atoms with Gasteiger partial charge in [-0.3, -0.25) is 0 Å². The van der Waals surface area contributed by atoms with Gasteiger partial charge in [0.05, 0.1) is 0 Å². The Morgan fingerprint density at radius 1 is 0.692 bits per heavy atom. The summed E-state index contributed by atoms with van der Waals surface area (Å²) in [7, 11) is 0. The van der Waals surface area contributed by atoms with E-state index in [0.29, 0.717) is 0 Å². The van der Waals surface area contributed by atoms with Gasteiger partial charge >= 0.3 is 0 Å². The summed E-state index contributed by atoms with van der Waals surface area (Å²) in [5.74, 6) is 0. The van der Waals surface area contributed by atoms with Crippen LogP contribution in [0.2, 0.25) is 0 Å². The maximum absolute atomic E-state index is 2.33. The minimum absolute atomic E-state index is 1.28. The Labute approximate surface area is 157 Å². The molecule has 26 heavy (non-hydrogen) atoms. The van der Waals surface area contributed by atoms with E-state index in [2.05, 4.69) is 97.9 Å². The molecule has 0 bridgehead atoms. The van der Waals surface area contributed by atoms with E-state index in [9.17, 15) is 0 Å². The van der Waals surface area contributed by atoms with Crippen LogP contribution in [0.4, 0.5) is 0 Å². The molecule has 124 valence electrons. The van der Waals surface area contributed by atoms with Gasteiger partial charge in [0, 0.05) is 9.58 Å². The lowest BCUT2D eigenvalue weighted by Crippen LogP contribution is -1.82. The Balaban J connectivity index is 1.64. The first-order chi connectivity index (χ1) is 12.8. The Morgan fingerprint density at radius 3 is 2.23 bits per heavy atom. The zero-order valence-corrected chi connectivity index (χ0v) is 15.4. The Kier molecular flexibility index (Phi) is 3.62. The van der Waals surface area contributed by atoms with Gasteiger partial charge in [-0.05, 0) is 69.3 Å². The summed E-state index contributed by atoms with van der Waals surface area (Å²) in [6.45, 7) is 2.21. The third-order valence-corrected chi connectivity index (χ3v) is 6.07. The summed E-state index contributed by atoms with van der Waals surface area (Å²) >= 11 is 1.85. The van der Waals surface area contributed by atoms with E-state index in [1.807, 2.05) is 11.3 Å². The number of thiophene rings is 1. The van der Waals surface area contributed by atoms with Crippen LogP contribution in [-0.2, 0) is 0 Å². The minimum atomic E-state index is 1.28. The second-order valence-corrected chi connectivity index (χ2v) is 7.85. The molecule has 0 atom stereocenters. The zero-order chi connectivity index (χ0) is 17.5. The van der Waals surface area contributed by atoms with Crippen molar-refractivity contribution in [1.29, 1.82) is 0 Å². The molecular weight excluding hydrogens is 332 g/mol. The topological polar surface area (TPSA) is 0 Å². The highest BCUT2D eigenvalue weighted by Crippen LogP contribution is 2.31. The van der Waals surface area contributed by atoms with Gasteiger partial charge in [0.25, 0.3) is 0 Å². The number of hydrogen-bond acceptors (Lipinski definition) is 1. The molecule has 0 unspecified atom stereocenters. The van der Waals surface area contributed by atoms with Crippen molar-refractivity contribution in [3.63, 3.8) is 0 Å². The predicted octanol–water partition coefficient (Wildman–Crippen LogP) is 7.77. The fraction of sp³-hybridized carbons (Fsp3) is 0.0400. The van der Waals surface area contributed by atoms with E-state index in [1.165, 1.54) is 47.6 Å². The van der Waals surface area contributed by atoms with E-state index in [-0.39, 0.29) is 0 Å².